The van der Waals surface area contributed by atoms with E-state index in [0.717, 1.165) is 0 Å². The topological polar surface area (TPSA) is 81.5 Å². The van der Waals surface area contributed by atoms with Crippen molar-refractivity contribution in [2.75, 3.05) is 14.2 Å². The van der Waals surface area contributed by atoms with Crippen molar-refractivity contribution in [2.24, 2.45) is 0 Å². The molecule has 2 aromatic rings. The van der Waals surface area contributed by atoms with E-state index in [4.69, 9.17) is 9.15 Å². The molecule has 0 unspecified atom stereocenters. The summed E-state index contributed by atoms with van der Waals surface area (Å²) in [6.07, 6.45) is 4.70. The molecule has 0 amide bonds. The second-order valence-electron chi connectivity index (χ2n) is 3.83. The van der Waals surface area contributed by atoms with Crippen LogP contribution in [0.5, 0.6) is 5.88 Å². The number of rotatable bonds is 4. The van der Waals surface area contributed by atoms with Crippen LogP contribution in [-0.4, -0.2) is 25.2 Å². The van der Waals surface area contributed by atoms with E-state index in [-0.39, 0.29) is 17.1 Å². The largest absolute Gasteiger partial charge is 0.482 e. The number of ether oxygens (including phenoxy) is 2. The van der Waals surface area contributed by atoms with Crippen molar-refractivity contribution in [1.29, 1.82) is 0 Å². The molecule has 0 bridgehead atoms. The van der Waals surface area contributed by atoms with E-state index in [1.54, 1.807) is 24.3 Å². The number of hydrogen-bond acceptors (Lipinski definition) is 5. The van der Waals surface area contributed by atoms with E-state index in [2.05, 4.69) is 9.72 Å². The van der Waals surface area contributed by atoms with Gasteiger partial charge in [0.25, 0.3) is 0 Å². The lowest BCUT2D eigenvalue weighted by atomic mass is 10.1. The summed E-state index contributed by atoms with van der Waals surface area (Å²) in [5.41, 5.74) is -0.278. The Morgan fingerprint density at radius 2 is 2.15 bits per heavy atom. The number of furan rings is 1. The highest BCUT2D eigenvalue weighted by atomic mass is 16.5. The Bertz CT molecular complexity index is 682. The van der Waals surface area contributed by atoms with Crippen LogP contribution < -0.4 is 10.2 Å². The summed E-state index contributed by atoms with van der Waals surface area (Å²) >= 11 is 0. The van der Waals surface area contributed by atoms with Gasteiger partial charge in [-0.15, -0.1) is 0 Å². The average molecular weight is 275 g/mol. The van der Waals surface area contributed by atoms with Gasteiger partial charge in [0.15, 0.2) is 5.88 Å². The number of aromatic nitrogens is 1. The van der Waals surface area contributed by atoms with Crippen LogP contribution >= 0.6 is 0 Å². The third-order valence-corrected chi connectivity index (χ3v) is 2.60. The van der Waals surface area contributed by atoms with E-state index >= 15 is 0 Å². The van der Waals surface area contributed by atoms with Crippen LogP contribution in [0.4, 0.5) is 0 Å². The molecule has 0 atom stereocenters. The molecular weight excluding hydrogens is 262 g/mol. The predicted octanol–water partition coefficient (Wildman–Crippen LogP) is 1.93. The molecule has 2 rings (SSSR count). The standard InChI is InChI=1S/C14H13NO5/c1-18-12-8-11(16)13(14(17)19-2)10(15-12)6-5-9-4-3-7-20-9/h3-8H,1-2H3,(H,15,16)/b6-5+. The van der Waals surface area contributed by atoms with E-state index in [1.807, 2.05) is 0 Å². The van der Waals surface area contributed by atoms with Gasteiger partial charge in [-0.1, -0.05) is 0 Å². The molecule has 0 fully saturated rings. The first-order valence-corrected chi connectivity index (χ1v) is 5.77. The number of H-pyrrole nitrogens is 1. The molecule has 0 saturated heterocycles. The van der Waals surface area contributed by atoms with Crippen LogP contribution in [-0.2, 0) is 4.74 Å². The Balaban J connectivity index is 2.51. The first-order valence-electron chi connectivity index (χ1n) is 5.77. The van der Waals surface area contributed by atoms with Crippen molar-refractivity contribution in [3.8, 4) is 5.88 Å². The number of carbonyl (C=O) groups is 1. The van der Waals surface area contributed by atoms with Crippen molar-refractivity contribution in [3.63, 3.8) is 0 Å². The van der Waals surface area contributed by atoms with E-state index < -0.39 is 11.4 Å². The molecule has 0 aliphatic carbocycles. The van der Waals surface area contributed by atoms with Crippen molar-refractivity contribution in [2.45, 2.75) is 0 Å². The number of carbonyl (C=O) groups excluding carboxylic acids is 1. The molecule has 104 valence electrons. The summed E-state index contributed by atoms with van der Waals surface area (Å²) in [5.74, 6) is 0.124. The zero-order valence-electron chi connectivity index (χ0n) is 11.0. The molecule has 20 heavy (non-hydrogen) atoms. The number of hydrogen-bond donors (Lipinski definition) is 1. The first kappa shape index (κ1) is 13.7. The molecule has 0 aliphatic heterocycles. The van der Waals surface area contributed by atoms with Crippen LogP contribution in [0.15, 0.2) is 33.7 Å². The zero-order valence-corrected chi connectivity index (χ0v) is 11.0. The molecule has 6 nitrogen and oxygen atoms in total. The minimum atomic E-state index is -0.715. The quantitative estimate of drug-likeness (QED) is 0.862. The number of nitrogens with one attached hydrogen (secondary N) is 1. The lowest BCUT2D eigenvalue weighted by Crippen LogP contribution is -2.19. The summed E-state index contributed by atoms with van der Waals surface area (Å²) in [6.45, 7) is 0. The van der Waals surface area contributed by atoms with Gasteiger partial charge in [0.05, 0.1) is 26.2 Å². The highest BCUT2D eigenvalue weighted by Gasteiger charge is 2.16. The van der Waals surface area contributed by atoms with Gasteiger partial charge in [0, 0.05) is 6.07 Å². The Kier molecular flexibility index (Phi) is 4.05. The molecule has 0 aliphatic rings. The molecule has 1 N–H and O–H groups in total. The molecule has 0 aromatic carbocycles. The normalized spacial score (nSPS) is 10.7. The van der Waals surface area contributed by atoms with Gasteiger partial charge >= 0.3 is 5.97 Å². The Morgan fingerprint density at radius 1 is 1.35 bits per heavy atom. The van der Waals surface area contributed by atoms with Gasteiger partial charge in [-0.2, -0.15) is 0 Å². The van der Waals surface area contributed by atoms with Crippen molar-refractivity contribution < 1.29 is 18.7 Å². The second-order valence-corrected chi connectivity index (χ2v) is 3.83. The molecule has 0 radical (unpaired) electrons. The van der Waals surface area contributed by atoms with Crippen LogP contribution in [0.3, 0.4) is 0 Å². The summed E-state index contributed by atoms with van der Waals surface area (Å²) in [6, 6.07) is 4.66. The minimum absolute atomic E-state index is 0.0869. The SMILES string of the molecule is COC(=O)c1c(/C=C/c2ccco2)[nH]c(OC)cc1=O. The average Bonchev–Trinajstić information content (AvgIpc) is 2.97. The van der Waals surface area contributed by atoms with Crippen molar-refractivity contribution in [1.82, 2.24) is 4.98 Å². The van der Waals surface area contributed by atoms with Crippen molar-refractivity contribution >= 4 is 18.1 Å². The highest BCUT2D eigenvalue weighted by Crippen LogP contribution is 2.13. The van der Waals surface area contributed by atoms with Crippen molar-refractivity contribution in [3.05, 3.63) is 51.7 Å². The summed E-state index contributed by atoms with van der Waals surface area (Å²) in [7, 11) is 2.63. The Morgan fingerprint density at radius 3 is 2.75 bits per heavy atom. The first-order chi connectivity index (χ1) is 9.65. The molecule has 6 heteroatoms. The van der Waals surface area contributed by atoms with Crippen LogP contribution in [0.25, 0.3) is 12.2 Å². The molecule has 0 spiro atoms. The maximum absolute atomic E-state index is 11.9. The zero-order chi connectivity index (χ0) is 14.5. The predicted molar refractivity (Wildman–Crippen MR) is 72.6 cm³/mol. The third-order valence-electron chi connectivity index (χ3n) is 2.60. The third kappa shape index (κ3) is 2.80. The van der Waals surface area contributed by atoms with Gasteiger partial charge in [0.1, 0.15) is 11.3 Å². The number of aromatic amines is 1. The minimum Gasteiger partial charge on any atom is -0.482 e. The summed E-state index contributed by atoms with van der Waals surface area (Å²) in [5, 5.41) is 0. The van der Waals surface area contributed by atoms with Crippen LogP contribution in [0, 0.1) is 0 Å². The smallest absolute Gasteiger partial charge is 0.344 e. The van der Waals surface area contributed by atoms with E-state index in [1.165, 1.54) is 26.5 Å². The van der Waals surface area contributed by atoms with Gasteiger partial charge < -0.3 is 18.9 Å². The fraction of sp³-hybridized carbons (Fsp3) is 0.143. The number of pyridine rings is 1. The fourth-order valence-electron chi connectivity index (χ4n) is 1.65. The maximum Gasteiger partial charge on any atom is 0.344 e. The Labute approximate surface area is 114 Å². The second kappa shape index (κ2) is 5.92. The lowest BCUT2D eigenvalue weighted by Gasteiger charge is -2.06. The fourth-order valence-corrected chi connectivity index (χ4v) is 1.65. The van der Waals surface area contributed by atoms with E-state index in [0.29, 0.717) is 5.76 Å². The molecular formula is C14H13NO5. The monoisotopic (exact) mass is 275 g/mol. The molecule has 0 saturated carbocycles. The number of esters is 1. The lowest BCUT2D eigenvalue weighted by molar-refractivity contribution is 0.0598. The number of methoxy groups -OCH3 is 2. The molecule has 2 heterocycles. The van der Waals surface area contributed by atoms with E-state index in [9.17, 15) is 9.59 Å². The van der Waals surface area contributed by atoms with Gasteiger partial charge in [-0.25, -0.2) is 4.79 Å². The van der Waals surface area contributed by atoms with Gasteiger partial charge in [-0.05, 0) is 24.3 Å². The van der Waals surface area contributed by atoms with Gasteiger partial charge in [-0.3, -0.25) is 4.79 Å². The molecule has 2 aromatic heterocycles. The van der Waals surface area contributed by atoms with Crippen LogP contribution in [0.1, 0.15) is 21.8 Å². The highest BCUT2D eigenvalue weighted by molar-refractivity contribution is 5.93. The van der Waals surface area contributed by atoms with Gasteiger partial charge in [0.2, 0.25) is 5.43 Å². The summed E-state index contributed by atoms with van der Waals surface area (Å²) in [4.78, 5) is 26.4. The maximum atomic E-state index is 11.9. The Hall–Kier alpha value is -2.76. The summed E-state index contributed by atoms with van der Waals surface area (Å²) < 4.78 is 14.7. The van der Waals surface area contributed by atoms with Crippen LogP contribution in [0.2, 0.25) is 0 Å².